The molecule has 0 spiro atoms. The zero-order chi connectivity index (χ0) is 15.0. The number of hydrogen-bond acceptors (Lipinski definition) is 2. The van der Waals surface area contributed by atoms with Crippen LogP contribution in [0.4, 0.5) is 0 Å². The van der Waals surface area contributed by atoms with Crippen molar-refractivity contribution in [3.8, 4) is 0 Å². The average Bonchev–Trinajstić information content (AvgIpc) is 2.42. The van der Waals surface area contributed by atoms with Gasteiger partial charge in [0.25, 0.3) is 0 Å². The molecule has 0 aliphatic carbocycles. The maximum absolute atomic E-state index is 6.22. The molecule has 0 amide bonds. The van der Waals surface area contributed by atoms with E-state index in [4.69, 9.17) is 11.6 Å². The van der Waals surface area contributed by atoms with Crippen LogP contribution in [-0.2, 0) is 6.54 Å². The van der Waals surface area contributed by atoms with Crippen LogP contribution in [0.15, 0.2) is 22.7 Å². The Morgan fingerprint density at radius 2 is 2.00 bits per heavy atom. The monoisotopic (exact) mass is 360 g/mol. The van der Waals surface area contributed by atoms with Crippen LogP contribution in [0, 0.1) is 0 Å². The Balaban J connectivity index is 2.27. The highest BCUT2D eigenvalue weighted by molar-refractivity contribution is 9.10. The lowest BCUT2D eigenvalue weighted by Gasteiger charge is -2.20. The molecule has 1 rings (SSSR count). The second-order valence-electron chi connectivity index (χ2n) is 5.19. The van der Waals surface area contributed by atoms with Gasteiger partial charge in [-0.05, 0) is 57.1 Å². The molecule has 1 aromatic rings. The van der Waals surface area contributed by atoms with E-state index in [-0.39, 0.29) is 0 Å². The van der Waals surface area contributed by atoms with Crippen LogP contribution in [-0.4, -0.2) is 30.6 Å². The van der Waals surface area contributed by atoms with E-state index >= 15 is 0 Å². The van der Waals surface area contributed by atoms with Crippen LogP contribution in [0.2, 0.25) is 5.02 Å². The average molecular weight is 362 g/mol. The molecule has 1 aromatic carbocycles. The van der Waals surface area contributed by atoms with Gasteiger partial charge >= 0.3 is 0 Å². The first kappa shape index (κ1) is 18.0. The predicted molar refractivity (Wildman–Crippen MR) is 92.5 cm³/mol. The first-order valence-corrected chi connectivity index (χ1v) is 8.63. The number of benzene rings is 1. The molecule has 0 fully saturated rings. The number of halogens is 2. The first-order valence-electron chi connectivity index (χ1n) is 7.46. The molecule has 1 N–H and O–H groups in total. The minimum Gasteiger partial charge on any atom is -0.310 e. The van der Waals surface area contributed by atoms with E-state index in [0.29, 0.717) is 6.04 Å². The molecule has 0 bridgehead atoms. The van der Waals surface area contributed by atoms with Gasteiger partial charge in [-0.15, -0.1) is 0 Å². The Bertz CT molecular complexity index is 394. The highest BCUT2D eigenvalue weighted by Gasteiger charge is 2.06. The SMILES string of the molecule is CCN(CC)CCCC(C)NCc1ccc(Br)cc1Cl. The molecule has 0 radical (unpaired) electrons. The van der Waals surface area contributed by atoms with E-state index in [1.807, 2.05) is 12.1 Å². The van der Waals surface area contributed by atoms with Crippen molar-refractivity contribution in [2.45, 2.75) is 46.2 Å². The van der Waals surface area contributed by atoms with Gasteiger partial charge in [0, 0.05) is 22.1 Å². The molecule has 2 nitrogen and oxygen atoms in total. The van der Waals surface area contributed by atoms with Crippen LogP contribution in [0.25, 0.3) is 0 Å². The quantitative estimate of drug-likeness (QED) is 0.685. The Morgan fingerprint density at radius 1 is 1.30 bits per heavy atom. The minimum atomic E-state index is 0.519. The fraction of sp³-hybridized carbons (Fsp3) is 0.625. The van der Waals surface area contributed by atoms with Gasteiger partial charge < -0.3 is 10.2 Å². The summed E-state index contributed by atoms with van der Waals surface area (Å²) in [6, 6.07) is 6.57. The van der Waals surface area contributed by atoms with Gasteiger partial charge in [-0.1, -0.05) is 47.4 Å². The van der Waals surface area contributed by atoms with Gasteiger partial charge in [0.1, 0.15) is 0 Å². The van der Waals surface area contributed by atoms with E-state index in [1.165, 1.54) is 19.4 Å². The zero-order valence-electron chi connectivity index (χ0n) is 12.8. The summed E-state index contributed by atoms with van der Waals surface area (Å²) in [5, 5.41) is 4.37. The van der Waals surface area contributed by atoms with Crippen molar-refractivity contribution in [1.29, 1.82) is 0 Å². The van der Waals surface area contributed by atoms with E-state index < -0.39 is 0 Å². The Morgan fingerprint density at radius 3 is 2.60 bits per heavy atom. The molecular weight excluding hydrogens is 336 g/mol. The van der Waals surface area contributed by atoms with Crippen molar-refractivity contribution in [2.24, 2.45) is 0 Å². The molecule has 0 aliphatic rings. The Kier molecular flexibility index (Phi) is 8.78. The summed E-state index contributed by atoms with van der Waals surface area (Å²) in [7, 11) is 0. The summed E-state index contributed by atoms with van der Waals surface area (Å²) in [6.07, 6.45) is 2.44. The van der Waals surface area contributed by atoms with Crippen molar-refractivity contribution in [3.63, 3.8) is 0 Å². The van der Waals surface area contributed by atoms with Crippen LogP contribution < -0.4 is 5.32 Å². The van der Waals surface area contributed by atoms with Crippen molar-refractivity contribution in [1.82, 2.24) is 10.2 Å². The summed E-state index contributed by atoms with van der Waals surface area (Å²) in [5.41, 5.74) is 1.16. The van der Waals surface area contributed by atoms with Gasteiger partial charge in [0.2, 0.25) is 0 Å². The summed E-state index contributed by atoms with van der Waals surface area (Å²) >= 11 is 9.65. The van der Waals surface area contributed by atoms with E-state index in [1.54, 1.807) is 0 Å². The third kappa shape index (κ3) is 6.57. The standard InChI is InChI=1S/C16H26BrClN2/c1-4-20(5-2)10-6-7-13(3)19-12-14-8-9-15(17)11-16(14)18/h8-9,11,13,19H,4-7,10,12H2,1-3H3. The van der Waals surface area contributed by atoms with Gasteiger partial charge in [0.15, 0.2) is 0 Å². The van der Waals surface area contributed by atoms with Crippen molar-refractivity contribution in [3.05, 3.63) is 33.3 Å². The molecule has 4 heteroatoms. The Hall–Kier alpha value is -0.0900. The second kappa shape index (κ2) is 9.78. The van der Waals surface area contributed by atoms with Crippen molar-refractivity contribution >= 4 is 27.5 Å². The maximum atomic E-state index is 6.22. The number of rotatable bonds is 9. The highest BCUT2D eigenvalue weighted by Crippen LogP contribution is 2.21. The minimum absolute atomic E-state index is 0.519. The second-order valence-corrected chi connectivity index (χ2v) is 6.51. The molecule has 20 heavy (non-hydrogen) atoms. The van der Waals surface area contributed by atoms with Gasteiger partial charge in [-0.3, -0.25) is 0 Å². The molecule has 0 heterocycles. The maximum Gasteiger partial charge on any atom is 0.0462 e. The lowest BCUT2D eigenvalue weighted by molar-refractivity contribution is 0.290. The summed E-state index contributed by atoms with van der Waals surface area (Å²) in [4.78, 5) is 2.47. The van der Waals surface area contributed by atoms with Crippen LogP contribution in [0.3, 0.4) is 0 Å². The van der Waals surface area contributed by atoms with Crippen molar-refractivity contribution < 1.29 is 0 Å². The zero-order valence-corrected chi connectivity index (χ0v) is 15.1. The largest absolute Gasteiger partial charge is 0.310 e. The molecule has 0 aromatic heterocycles. The molecule has 0 saturated heterocycles. The smallest absolute Gasteiger partial charge is 0.0462 e. The molecule has 0 aliphatic heterocycles. The van der Waals surface area contributed by atoms with Gasteiger partial charge in [-0.2, -0.15) is 0 Å². The number of nitrogens with zero attached hydrogens (tertiary/aromatic N) is 1. The lowest BCUT2D eigenvalue weighted by Crippen LogP contribution is -2.28. The predicted octanol–water partition coefficient (Wildman–Crippen LogP) is 4.70. The van der Waals surface area contributed by atoms with E-state index in [0.717, 1.165) is 34.7 Å². The summed E-state index contributed by atoms with van der Waals surface area (Å²) in [6.45, 7) is 11.0. The van der Waals surface area contributed by atoms with Gasteiger partial charge in [-0.25, -0.2) is 0 Å². The van der Waals surface area contributed by atoms with Crippen LogP contribution in [0.5, 0.6) is 0 Å². The third-order valence-corrected chi connectivity index (χ3v) is 4.51. The number of hydrogen-bond donors (Lipinski definition) is 1. The van der Waals surface area contributed by atoms with E-state index in [9.17, 15) is 0 Å². The first-order chi connectivity index (χ1) is 9.56. The third-order valence-electron chi connectivity index (χ3n) is 3.66. The van der Waals surface area contributed by atoms with Gasteiger partial charge in [0.05, 0.1) is 0 Å². The molecule has 1 unspecified atom stereocenters. The topological polar surface area (TPSA) is 15.3 Å². The fourth-order valence-electron chi connectivity index (χ4n) is 2.21. The molecule has 1 atom stereocenters. The summed E-state index contributed by atoms with van der Waals surface area (Å²) < 4.78 is 1.03. The van der Waals surface area contributed by atoms with Crippen LogP contribution in [0.1, 0.15) is 39.2 Å². The summed E-state index contributed by atoms with van der Waals surface area (Å²) in [5.74, 6) is 0. The molecular formula is C16H26BrClN2. The van der Waals surface area contributed by atoms with Crippen LogP contribution >= 0.6 is 27.5 Å². The molecule has 0 saturated carbocycles. The fourth-order valence-corrected chi connectivity index (χ4v) is 2.95. The lowest BCUT2D eigenvalue weighted by atomic mass is 10.1. The van der Waals surface area contributed by atoms with E-state index in [2.05, 4.69) is 53.0 Å². The highest BCUT2D eigenvalue weighted by atomic mass is 79.9. The number of nitrogens with one attached hydrogen (secondary N) is 1. The normalized spacial score (nSPS) is 12.9. The Labute approximate surface area is 137 Å². The van der Waals surface area contributed by atoms with Crippen molar-refractivity contribution in [2.75, 3.05) is 19.6 Å². The molecule has 114 valence electrons.